The van der Waals surface area contributed by atoms with E-state index in [0.29, 0.717) is 50.5 Å². The van der Waals surface area contributed by atoms with Crippen molar-refractivity contribution in [3.63, 3.8) is 0 Å². The maximum Gasteiger partial charge on any atom is 0.348 e. The molecule has 0 unspecified atom stereocenters. The van der Waals surface area contributed by atoms with E-state index < -0.39 is 10.0 Å². The summed E-state index contributed by atoms with van der Waals surface area (Å²) in [4.78, 5) is 12.4. The second kappa shape index (κ2) is 8.75. The summed E-state index contributed by atoms with van der Waals surface area (Å²) in [6, 6.07) is 10.5. The highest BCUT2D eigenvalue weighted by Gasteiger charge is 2.32. The van der Waals surface area contributed by atoms with Crippen molar-refractivity contribution in [3.05, 3.63) is 58.1 Å². The molecule has 1 aliphatic rings. The van der Waals surface area contributed by atoms with Gasteiger partial charge in [-0.2, -0.15) is 9.40 Å². The number of rotatable bonds is 7. The van der Waals surface area contributed by atoms with E-state index in [2.05, 4.69) is 10.2 Å². The molecule has 2 aromatic heterocycles. The predicted molar refractivity (Wildman–Crippen MR) is 115 cm³/mol. The van der Waals surface area contributed by atoms with Gasteiger partial charge < -0.3 is 4.74 Å². The second-order valence-electron chi connectivity index (χ2n) is 7.16. The smallest absolute Gasteiger partial charge is 0.348 e. The fourth-order valence-electron chi connectivity index (χ4n) is 3.78. The third kappa shape index (κ3) is 4.07. The van der Waals surface area contributed by atoms with E-state index in [1.54, 1.807) is 28.8 Å². The Morgan fingerprint density at radius 2 is 1.97 bits per heavy atom. The van der Waals surface area contributed by atoms with E-state index in [1.807, 2.05) is 24.4 Å². The molecular weight excluding hydrogens is 424 g/mol. The Labute approximate surface area is 179 Å². The average Bonchev–Trinajstić information content (AvgIpc) is 3.39. The van der Waals surface area contributed by atoms with Crippen molar-refractivity contribution >= 4 is 21.4 Å². The summed E-state index contributed by atoms with van der Waals surface area (Å²) in [6.45, 7) is 3.10. The lowest BCUT2D eigenvalue weighted by molar-refractivity contribution is 0.268. The SMILES string of the molecule is CCOc1ccccc1S(=O)(=O)N1CCC(Cc2n[nH]c(=O)n2-c2cccs2)CC1. The Balaban J connectivity index is 1.46. The van der Waals surface area contributed by atoms with Crippen LogP contribution in [0.15, 0.2) is 51.5 Å². The first kappa shape index (κ1) is 20.8. The molecule has 1 fully saturated rings. The van der Waals surface area contributed by atoms with Crippen LogP contribution < -0.4 is 10.4 Å². The minimum absolute atomic E-state index is 0.212. The third-order valence-corrected chi connectivity index (χ3v) is 8.07. The van der Waals surface area contributed by atoms with Crippen molar-refractivity contribution in [2.45, 2.75) is 31.1 Å². The maximum absolute atomic E-state index is 13.1. The number of H-pyrrole nitrogens is 1. The minimum Gasteiger partial charge on any atom is -0.492 e. The number of hydrogen-bond donors (Lipinski definition) is 1. The molecule has 30 heavy (non-hydrogen) atoms. The first-order chi connectivity index (χ1) is 14.5. The molecule has 0 aliphatic carbocycles. The largest absolute Gasteiger partial charge is 0.492 e. The number of piperidine rings is 1. The molecule has 1 N–H and O–H groups in total. The number of aromatic nitrogens is 3. The molecule has 3 aromatic rings. The average molecular weight is 449 g/mol. The number of hydrogen-bond acceptors (Lipinski definition) is 6. The van der Waals surface area contributed by atoms with Gasteiger partial charge in [-0.05, 0) is 55.3 Å². The van der Waals surface area contributed by atoms with Gasteiger partial charge in [-0.15, -0.1) is 11.3 Å². The van der Waals surface area contributed by atoms with Crippen LogP contribution in [0.2, 0.25) is 0 Å². The molecule has 1 saturated heterocycles. The highest BCUT2D eigenvalue weighted by atomic mass is 32.2. The summed E-state index contributed by atoms with van der Waals surface area (Å²) in [5.74, 6) is 1.33. The molecule has 0 bridgehead atoms. The molecule has 1 aromatic carbocycles. The molecule has 10 heteroatoms. The molecular formula is C20H24N4O4S2. The number of benzene rings is 1. The summed E-state index contributed by atoms with van der Waals surface area (Å²) >= 11 is 1.48. The normalized spacial score (nSPS) is 16.0. The van der Waals surface area contributed by atoms with E-state index in [0.717, 1.165) is 5.00 Å². The quantitative estimate of drug-likeness (QED) is 0.599. The van der Waals surface area contributed by atoms with Gasteiger partial charge in [0.15, 0.2) is 0 Å². The number of nitrogens with zero attached hydrogens (tertiary/aromatic N) is 3. The van der Waals surface area contributed by atoms with Gasteiger partial charge in [0.05, 0.1) is 6.61 Å². The highest BCUT2D eigenvalue weighted by molar-refractivity contribution is 7.89. The van der Waals surface area contributed by atoms with Crippen LogP contribution in [0.3, 0.4) is 0 Å². The van der Waals surface area contributed by atoms with Crippen molar-refractivity contribution in [3.8, 4) is 10.8 Å². The zero-order chi connectivity index (χ0) is 21.1. The molecule has 4 rings (SSSR count). The molecule has 0 atom stereocenters. The summed E-state index contributed by atoms with van der Waals surface area (Å²) in [6.07, 6.45) is 2.04. The standard InChI is InChI=1S/C20H24N4O4S2/c1-2-28-16-6-3-4-7-17(16)30(26,27)23-11-9-15(10-12-23)14-18-21-22-20(25)24(18)19-8-5-13-29-19/h3-8,13,15H,2,9-12,14H2,1H3,(H,22,25). The zero-order valence-electron chi connectivity index (χ0n) is 16.7. The first-order valence-corrected chi connectivity index (χ1v) is 12.2. The molecule has 3 heterocycles. The van der Waals surface area contributed by atoms with Crippen LogP contribution in [0.25, 0.3) is 5.00 Å². The fraction of sp³-hybridized carbons (Fsp3) is 0.400. The Hall–Kier alpha value is -2.43. The van der Waals surface area contributed by atoms with Crippen molar-refractivity contribution < 1.29 is 13.2 Å². The van der Waals surface area contributed by atoms with Gasteiger partial charge >= 0.3 is 5.69 Å². The van der Waals surface area contributed by atoms with Crippen molar-refractivity contribution in [2.75, 3.05) is 19.7 Å². The summed E-state index contributed by atoms with van der Waals surface area (Å²) in [7, 11) is -3.62. The Kier molecular flexibility index (Phi) is 6.07. The van der Waals surface area contributed by atoms with Crippen molar-refractivity contribution in [1.29, 1.82) is 0 Å². The summed E-state index contributed by atoms with van der Waals surface area (Å²) in [5.41, 5.74) is -0.250. The number of sulfonamides is 1. The van der Waals surface area contributed by atoms with E-state index in [-0.39, 0.29) is 16.5 Å². The number of para-hydroxylation sites is 1. The molecule has 0 saturated carbocycles. The maximum atomic E-state index is 13.1. The van der Waals surface area contributed by atoms with Crippen LogP contribution in [-0.4, -0.2) is 47.2 Å². The van der Waals surface area contributed by atoms with Gasteiger partial charge in [0.2, 0.25) is 10.0 Å². The van der Waals surface area contributed by atoms with Gasteiger partial charge in [-0.1, -0.05) is 12.1 Å². The van der Waals surface area contributed by atoms with Gasteiger partial charge in [-0.3, -0.25) is 0 Å². The van der Waals surface area contributed by atoms with E-state index in [1.165, 1.54) is 15.6 Å². The zero-order valence-corrected chi connectivity index (χ0v) is 18.3. The van der Waals surface area contributed by atoms with Crippen LogP contribution in [-0.2, 0) is 16.4 Å². The predicted octanol–water partition coefficient (Wildman–Crippen LogP) is 2.66. The second-order valence-corrected chi connectivity index (χ2v) is 10.00. The molecule has 0 spiro atoms. The Bertz CT molecular complexity index is 1140. The lowest BCUT2D eigenvalue weighted by Gasteiger charge is -2.31. The highest BCUT2D eigenvalue weighted by Crippen LogP contribution is 2.30. The van der Waals surface area contributed by atoms with E-state index in [4.69, 9.17) is 4.74 Å². The number of ether oxygens (including phenoxy) is 1. The molecule has 0 radical (unpaired) electrons. The van der Waals surface area contributed by atoms with E-state index >= 15 is 0 Å². The Morgan fingerprint density at radius 1 is 1.20 bits per heavy atom. The lowest BCUT2D eigenvalue weighted by Crippen LogP contribution is -2.39. The van der Waals surface area contributed by atoms with Gasteiger partial charge in [0.25, 0.3) is 0 Å². The molecule has 160 valence electrons. The van der Waals surface area contributed by atoms with Crippen molar-refractivity contribution in [2.24, 2.45) is 5.92 Å². The van der Waals surface area contributed by atoms with Gasteiger partial charge in [0.1, 0.15) is 21.5 Å². The monoisotopic (exact) mass is 448 g/mol. The number of nitrogens with one attached hydrogen (secondary N) is 1. The van der Waals surface area contributed by atoms with Crippen LogP contribution in [0.4, 0.5) is 0 Å². The molecule has 1 aliphatic heterocycles. The van der Waals surface area contributed by atoms with Crippen molar-refractivity contribution in [1.82, 2.24) is 19.1 Å². The van der Waals surface area contributed by atoms with Gasteiger partial charge in [0, 0.05) is 19.5 Å². The van der Waals surface area contributed by atoms with E-state index in [9.17, 15) is 13.2 Å². The summed E-state index contributed by atoms with van der Waals surface area (Å²) in [5, 5.41) is 9.48. The molecule has 0 amide bonds. The van der Waals surface area contributed by atoms with Gasteiger partial charge in [-0.25, -0.2) is 22.9 Å². The third-order valence-electron chi connectivity index (χ3n) is 5.28. The van der Waals surface area contributed by atoms with Crippen LogP contribution in [0.1, 0.15) is 25.6 Å². The van der Waals surface area contributed by atoms with Crippen LogP contribution >= 0.6 is 11.3 Å². The Morgan fingerprint density at radius 3 is 2.67 bits per heavy atom. The number of thiophene rings is 1. The fourth-order valence-corrected chi connectivity index (χ4v) is 6.13. The minimum atomic E-state index is -3.62. The van der Waals surface area contributed by atoms with Crippen LogP contribution in [0.5, 0.6) is 5.75 Å². The molecule has 8 nitrogen and oxygen atoms in total. The summed E-state index contributed by atoms with van der Waals surface area (Å²) < 4.78 is 34.9. The van der Waals surface area contributed by atoms with Crippen LogP contribution in [0, 0.1) is 5.92 Å². The topological polar surface area (TPSA) is 97.3 Å². The first-order valence-electron chi connectivity index (χ1n) is 9.93. The number of aromatic amines is 1. The lowest BCUT2D eigenvalue weighted by atomic mass is 9.94.